The summed E-state index contributed by atoms with van der Waals surface area (Å²) in [5.41, 5.74) is 2.45. The SMILES string of the molecule is COC(=O)c1cnc2c(SSc3cccc4cc(C(=O)OC)cnc34)cccc2c1. The maximum atomic E-state index is 11.8. The van der Waals surface area contributed by atoms with E-state index in [1.807, 2.05) is 36.4 Å². The molecule has 2 aromatic heterocycles. The minimum atomic E-state index is -0.412. The van der Waals surface area contributed by atoms with E-state index in [1.54, 1.807) is 33.7 Å². The molecule has 6 nitrogen and oxygen atoms in total. The number of carbonyl (C=O) groups excluding carboxylic acids is 2. The van der Waals surface area contributed by atoms with Crippen molar-refractivity contribution in [3.8, 4) is 0 Å². The van der Waals surface area contributed by atoms with Crippen LogP contribution in [0.15, 0.2) is 70.7 Å². The number of aromatic nitrogens is 2. The number of hydrogen-bond donors (Lipinski definition) is 0. The fourth-order valence-corrected chi connectivity index (χ4v) is 5.24. The lowest BCUT2D eigenvalue weighted by Gasteiger charge is -2.08. The molecule has 4 aromatic rings. The quantitative estimate of drug-likeness (QED) is 0.314. The second-order valence-electron chi connectivity index (χ2n) is 6.25. The van der Waals surface area contributed by atoms with E-state index in [9.17, 15) is 9.59 Å². The summed E-state index contributed by atoms with van der Waals surface area (Å²) in [6, 6.07) is 15.2. The molecule has 0 saturated carbocycles. The summed E-state index contributed by atoms with van der Waals surface area (Å²) in [5, 5.41) is 1.73. The fourth-order valence-electron chi connectivity index (χ4n) is 2.95. The zero-order valence-corrected chi connectivity index (χ0v) is 17.8. The highest BCUT2D eigenvalue weighted by Gasteiger charge is 2.12. The number of esters is 2. The highest BCUT2D eigenvalue weighted by molar-refractivity contribution is 8.76. The second kappa shape index (κ2) is 8.73. The van der Waals surface area contributed by atoms with E-state index < -0.39 is 11.9 Å². The largest absolute Gasteiger partial charge is 0.465 e. The summed E-state index contributed by atoms with van der Waals surface area (Å²) in [7, 11) is 5.82. The topological polar surface area (TPSA) is 78.4 Å². The first kappa shape index (κ1) is 20.2. The maximum absolute atomic E-state index is 11.8. The summed E-state index contributed by atoms with van der Waals surface area (Å²) in [4.78, 5) is 34.4. The third-order valence-electron chi connectivity index (χ3n) is 4.41. The van der Waals surface area contributed by atoms with Crippen molar-refractivity contribution in [2.45, 2.75) is 9.79 Å². The van der Waals surface area contributed by atoms with Crippen LogP contribution >= 0.6 is 21.6 Å². The highest BCUT2D eigenvalue weighted by Crippen LogP contribution is 2.42. The summed E-state index contributed by atoms with van der Waals surface area (Å²) in [5.74, 6) is -0.824. The zero-order valence-electron chi connectivity index (χ0n) is 16.1. The van der Waals surface area contributed by atoms with E-state index in [2.05, 4.69) is 9.97 Å². The van der Waals surface area contributed by atoms with Crippen LogP contribution in [0, 0.1) is 0 Å². The van der Waals surface area contributed by atoms with Crippen molar-refractivity contribution in [2.75, 3.05) is 14.2 Å². The lowest BCUT2D eigenvalue weighted by atomic mass is 10.1. The molecule has 0 aliphatic heterocycles. The molecule has 30 heavy (non-hydrogen) atoms. The van der Waals surface area contributed by atoms with E-state index in [1.165, 1.54) is 26.6 Å². The lowest BCUT2D eigenvalue weighted by molar-refractivity contribution is 0.0591. The summed E-state index contributed by atoms with van der Waals surface area (Å²) >= 11 is 0. The number of benzene rings is 2. The highest BCUT2D eigenvalue weighted by atomic mass is 33.1. The minimum absolute atomic E-state index is 0.412. The molecule has 8 heteroatoms. The molecular weight excluding hydrogens is 420 g/mol. The number of para-hydroxylation sites is 2. The first-order valence-corrected chi connectivity index (χ1v) is 11.0. The molecule has 150 valence electrons. The van der Waals surface area contributed by atoms with E-state index in [4.69, 9.17) is 9.47 Å². The number of fused-ring (bicyclic) bond motifs is 2. The number of ether oxygens (including phenoxy) is 2. The summed E-state index contributed by atoms with van der Waals surface area (Å²) < 4.78 is 9.54. The molecule has 4 rings (SSSR count). The number of methoxy groups -OCH3 is 2. The van der Waals surface area contributed by atoms with Crippen molar-refractivity contribution in [1.82, 2.24) is 9.97 Å². The average Bonchev–Trinajstić information content (AvgIpc) is 2.80. The van der Waals surface area contributed by atoms with Gasteiger partial charge in [-0.3, -0.25) is 9.97 Å². The normalized spacial score (nSPS) is 10.9. The van der Waals surface area contributed by atoms with Crippen molar-refractivity contribution in [3.63, 3.8) is 0 Å². The van der Waals surface area contributed by atoms with E-state index in [-0.39, 0.29) is 0 Å². The van der Waals surface area contributed by atoms with Gasteiger partial charge in [0.05, 0.1) is 36.4 Å². The molecule has 0 spiro atoms. The third kappa shape index (κ3) is 3.96. The van der Waals surface area contributed by atoms with Crippen molar-refractivity contribution in [1.29, 1.82) is 0 Å². The van der Waals surface area contributed by atoms with Gasteiger partial charge in [-0.25, -0.2) is 9.59 Å². The summed E-state index contributed by atoms with van der Waals surface area (Å²) in [6.07, 6.45) is 3.05. The van der Waals surface area contributed by atoms with Crippen LogP contribution in [0.25, 0.3) is 21.8 Å². The van der Waals surface area contributed by atoms with E-state index in [0.29, 0.717) is 11.1 Å². The molecular formula is C22H16N2O4S2. The molecule has 0 radical (unpaired) electrons. The molecule has 0 amide bonds. The standard InChI is InChI=1S/C22H16N2O4S2/c1-27-21(25)15-9-13-5-3-7-17(19(13)23-11-15)29-30-18-8-4-6-14-10-16(22(26)28-2)12-24-20(14)18/h3-12H,1-2H3. The van der Waals surface area contributed by atoms with Crippen LogP contribution in [0.2, 0.25) is 0 Å². The Labute approximate surface area is 180 Å². The molecule has 0 atom stereocenters. The first-order valence-electron chi connectivity index (χ1n) is 8.89. The van der Waals surface area contributed by atoms with Crippen molar-refractivity contribution >= 4 is 55.3 Å². The Kier molecular flexibility index (Phi) is 5.87. The maximum Gasteiger partial charge on any atom is 0.339 e. The van der Waals surface area contributed by atoms with Crippen LogP contribution in [0.1, 0.15) is 20.7 Å². The number of hydrogen-bond acceptors (Lipinski definition) is 8. The smallest absolute Gasteiger partial charge is 0.339 e. The monoisotopic (exact) mass is 436 g/mol. The van der Waals surface area contributed by atoms with Gasteiger partial charge in [0, 0.05) is 33.0 Å². The van der Waals surface area contributed by atoms with Gasteiger partial charge in [-0.15, -0.1) is 0 Å². The lowest BCUT2D eigenvalue weighted by Crippen LogP contribution is -2.01. The van der Waals surface area contributed by atoms with Gasteiger partial charge in [0.25, 0.3) is 0 Å². The van der Waals surface area contributed by atoms with Crippen LogP contribution in [0.5, 0.6) is 0 Å². The van der Waals surface area contributed by atoms with Gasteiger partial charge in [0.1, 0.15) is 0 Å². The predicted molar refractivity (Wildman–Crippen MR) is 118 cm³/mol. The Morgan fingerprint density at radius 1 is 0.733 bits per heavy atom. The molecule has 0 saturated heterocycles. The van der Waals surface area contributed by atoms with Crippen LogP contribution < -0.4 is 0 Å². The average molecular weight is 437 g/mol. The Hall–Kier alpha value is -3.10. The molecule has 0 aliphatic rings. The molecule has 0 N–H and O–H groups in total. The van der Waals surface area contributed by atoms with Gasteiger partial charge in [-0.2, -0.15) is 0 Å². The van der Waals surface area contributed by atoms with Crippen LogP contribution in [0.4, 0.5) is 0 Å². The zero-order chi connectivity index (χ0) is 21.1. The number of carbonyl (C=O) groups is 2. The van der Waals surface area contributed by atoms with Crippen molar-refractivity contribution in [3.05, 3.63) is 72.1 Å². The fraction of sp³-hybridized carbons (Fsp3) is 0.0909. The predicted octanol–water partition coefficient (Wildman–Crippen LogP) is 5.16. The third-order valence-corrected chi connectivity index (χ3v) is 6.84. The molecule has 2 heterocycles. The van der Waals surface area contributed by atoms with Gasteiger partial charge in [-0.05, 0) is 24.3 Å². The van der Waals surface area contributed by atoms with Crippen LogP contribution in [-0.2, 0) is 9.47 Å². The first-order chi connectivity index (χ1) is 14.6. The number of pyridine rings is 2. The molecule has 0 bridgehead atoms. The number of rotatable bonds is 5. The Morgan fingerprint density at radius 3 is 1.57 bits per heavy atom. The van der Waals surface area contributed by atoms with Gasteiger partial charge in [0.2, 0.25) is 0 Å². The molecule has 0 aliphatic carbocycles. The van der Waals surface area contributed by atoms with Gasteiger partial charge in [-0.1, -0.05) is 45.9 Å². The van der Waals surface area contributed by atoms with Crippen LogP contribution in [-0.4, -0.2) is 36.1 Å². The molecule has 2 aromatic carbocycles. The summed E-state index contributed by atoms with van der Waals surface area (Å²) in [6.45, 7) is 0. The van der Waals surface area contributed by atoms with Gasteiger partial charge >= 0.3 is 11.9 Å². The van der Waals surface area contributed by atoms with Crippen molar-refractivity contribution in [2.24, 2.45) is 0 Å². The molecule has 0 fully saturated rings. The van der Waals surface area contributed by atoms with Crippen LogP contribution in [0.3, 0.4) is 0 Å². The van der Waals surface area contributed by atoms with Crippen molar-refractivity contribution < 1.29 is 19.1 Å². The van der Waals surface area contributed by atoms with E-state index in [0.717, 1.165) is 31.6 Å². The Morgan fingerprint density at radius 2 is 1.17 bits per heavy atom. The Bertz CT molecular complexity index is 1180. The second-order valence-corrected chi connectivity index (χ2v) is 8.47. The van der Waals surface area contributed by atoms with Gasteiger partial charge < -0.3 is 9.47 Å². The van der Waals surface area contributed by atoms with E-state index >= 15 is 0 Å². The number of nitrogens with zero attached hydrogens (tertiary/aromatic N) is 2. The minimum Gasteiger partial charge on any atom is -0.465 e. The molecule has 0 unspecified atom stereocenters. The Balaban J connectivity index is 1.63. The van der Waals surface area contributed by atoms with Gasteiger partial charge in [0.15, 0.2) is 0 Å².